The van der Waals surface area contributed by atoms with Gasteiger partial charge in [0, 0.05) is 13.1 Å². The van der Waals surface area contributed by atoms with Crippen LogP contribution in [0.5, 0.6) is 0 Å². The number of aryl methyl sites for hydroxylation is 1. The molecule has 0 aliphatic carbocycles. The second-order valence-corrected chi connectivity index (χ2v) is 11.4. The van der Waals surface area contributed by atoms with E-state index in [1.54, 1.807) is 0 Å². The van der Waals surface area contributed by atoms with Crippen LogP contribution < -0.4 is 0 Å². The predicted octanol–water partition coefficient (Wildman–Crippen LogP) is 7.38. The lowest BCUT2D eigenvalue weighted by Crippen LogP contribution is -2.38. The summed E-state index contributed by atoms with van der Waals surface area (Å²) in [7, 11) is 0. The van der Waals surface area contributed by atoms with E-state index in [9.17, 15) is 5.11 Å². The van der Waals surface area contributed by atoms with Crippen LogP contribution in [0.25, 0.3) is 0 Å². The first-order valence-electron chi connectivity index (χ1n) is 13.6. The first kappa shape index (κ1) is 26.6. The van der Waals surface area contributed by atoms with Crippen LogP contribution in [-0.4, -0.2) is 35.7 Å². The summed E-state index contributed by atoms with van der Waals surface area (Å²) in [5.74, 6) is 0. The molecule has 36 heavy (non-hydrogen) atoms. The number of benzene rings is 3. The van der Waals surface area contributed by atoms with E-state index >= 15 is 0 Å². The summed E-state index contributed by atoms with van der Waals surface area (Å²) >= 11 is 0. The lowest BCUT2D eigenvalue weighted by molar-refractivity contribution is -0.0274. The normalized spacial score (nSPS) is 17.1. The van der Waals surface area contributed by atoms with Crippen molar-refractivity contribution in [2.24, 2.45) is 0 Å². The number of aliphatic hydroxyl groups excluding tert-OH is 1. The lowest BCUT2D eigenvalue weighted by atomic mass is 9.86. The zero-order valence-corrected chi connectivity index (χ0v) is 22.5. The Kier molecular flexibility index (Phi) is 9.00. The highest BCUT2D eigenvalue weighted by atomic mass is 16.5. The third-order valence-electron chi connectivity index (χ3n) is 7.46. The summed E-state index contributed by atoms with van der Waals surface area (Å²) in [6.07, 6.45) is 3.75. The molecule has 1 aliphatic rings. The second-order valence-electron chi connectivity index (χ2n) is 11.4. The largest absolute Gasteiger partial charge is 0.388 e. The summed E-state index contributed by atoms with van der Waals surface area (Å²) in [5, 5.41) is 10.7. The molecule has 0 saturated carbocycles. The summed E-state index contributed by atoms with van der Waals surface area (Å²) in [5.41, 5.74) is 6.18. The molecule has 3 aromatic carbocycles. The molecule has 0 radical (unpaired) electrons. The average Bonchev–Trinajstić information content (AvgIpc) is 2.89. The molecule has 2 atom stereocenters. The molecule has 3 nitrogen and oxygen atoms in total. The first-order chi connectivity index (χ1) is 17.3. The van der Waals surface area contributed by atoms with Crippen molar-refractivity contribution in [3.63, 3.8) is 0 Å². The van der Waals surface area contributed by atoms with Gasteiger partial charge in [0.1, 0.15) is 6.10 Å². The molecule has 0 aromatic heterocycles. The smallest absolute Gasteiger partial charge is 0.108 e. The molecule has 1 aliphatic heterocycles. The number of ether oxygens (including phenoxy) is 1. The van der Waals surface area contributed by atoms with E-state index in [4.69, 9.17) is 4.74 Å². The zero-order chi connectivity index (χ0) is 25.5. The van der Waals surface area contributed by atoms with E-state index in [2.05, 4.69) is 111 Å². The third-order valence-corrected chi connectivity index (χ3v) is 7.46. The molecule has 3 aromatic rings. The summed E-state index contributed by atoms with van der Waals surface area (Å²) in [6.45, 7) is 11.9. The number of aliphatic hydroxyl groups is 1. The summed E-state index contributed by atoms with van der Waals surface area (Å²) in [4.78, 5) is 2.53. The Labute approximate surface area is 218 Å². The van der Waals surface area contributed by atoms with Crippen molar-refractivity contribution < 1.29 is 9.84 Å². The molecular weight excluding hydrogens is 442 g/mol. The Morgan fingerprint density at radius 2 is 1.42 bits per heavy atom. The standard InChI is InChI=1S/C33H43NO2/c1-25-12-14-28(15-13-25)32(27-9-6-5-7-10-27)36-30-20-23-34(24-21-30)22-8-11-31(35)26-16-18-29(19-17-26)33(2,3)4/h5-7,9-10,12-19,30-32,35H,8,11,20-24H2,1-4H3/t31-,32+/m1/s1. The van der Waals surface area contributed by atoms with Crippen molar-refractivity contribution >= 4 is 0 Å². The molecule has 1 heterocycles. The van der Waals surface area contributed by atoms with Crippen LogP contribution in [0, 0.1) is 6.92 Å². The van der Waals surface area contributed by atoms with Crippen molar-refractivity contribution in [1.29, 1.82) is 0 Å². The van der Waals surface area contributed by atoms with Crippen LogP contribution in [0.1, 0.15) is 86.5 Å². The Bertz CT molecular complexity index is 1050. The number of rotatable bonds is 9. The molecule has 0 bridgehead atoms. The number of hydrogen-bond acceptors (Lipinski definition) is 3. The first-order valence-corrected chi connectivity index (χ1v) is 13.6. The fourth-order valence-corrected chi connectivity index (χ4v) is 5.06. The van der Waals surface area contributed by atoms with Crippen LogP contribution in [0.3, 0.4) is 0 Å². The number of hydrogen-bond donors (Lipinski definition) is 1. The minimum atomic E-state index is -0.388. The molecule has 0 unspecified atom stereocenters. The Morgan fingerprint density at radius 1 is 0.833 bits per heavy atom. The van der Waals surface area contributed by atoms with Crippen molar-refractivity contribution in [3.8, 4) is 0 Å². The third kappa shape index (κ3) is 7.29. The van der Waals surface area contributed by atoms with Gasteiger partial charge in [-0.15, -0.1) is 0 Å². The molecule has 1 N–H and O–H groups in total. The second kappa shape index (κ2) is 12.2. The minimum absolute atomic E-state index is 0.0248. The molecule has 1 fully saturated rings. The van der Waals surface area contributed by atoms with E-state index in [1.807, 2.05) is 0 Å². The quantitative estimate of drug-likeness (QED) is 0.343. The van der Waals surface area contributed by atoms with Crippen LogP contribution in [0.2, 0.25) is 0 Å². The molecule has 1 saturated heterocycles. The average molecular weight is 486 g/mol. The predicted molar refractivity (Wildman–Crippen MR) is 149 cm³/mol. The van der Waals surface area contributed by atoms with Gasteiger partial charge in [-0.3, -0.25) is 0 Å². The molecule has 0 amide bonds. The van der Waals surface area contributed by atoms with Crippen LogP contribution in [0.4, 0.5) is 0 Å². The topological polar surface area (TPSA) is 32.7 Å². The van der Waals surface area contributed by atoms with Gasteiger partial charge in [0.05, 0.1) is 12.2 Å². The Balaban J connectivity index is 1.25. The van der Waals surface area contributed by atoms with Crippen molar-refractivity contribution in [3.05, 3.63) is 107 Å². The van der Waals surface area contributed by atoms with E-state index in [0.717, 1.165) is 50.9 Å². The maximum atomic E-state index is 10.7. The Hall–Kier alpha value is -2.46. The molecule has 4 rings (SSSR count). The van der Waals surface area contributed by atoms with Crippen LogP contribution in [0.15, 0.2) is 78.9 Å². The van der Waals surface area contributed by atoms with Gasteiger partial charge in [0.25, 0.3) is 0 Å². The van der Waals surface area contributed by atoms with Gasteiger partial charge >= 0.3 is 0 Å². The summed E-state index contributed by atoms with van der Waals surface area (Å²) in [6, 6.07) is 27.8. The van der Waals surface area contributed by atoms with Gasteiger partial charge in [-0.2, -0.15) is 0 Å². The fourth-order valence-electron chi connectivity index (χ4n) is 5.06. The SMILES string of the molecule is Cc1ccc([C@@H](OC2CCN(CCC[C@@H](O)c3ccc(C(C)(C)C)cc3)CC2)c2ccccc2)cc1. The molecular formula is C33H43NO2. The van der Waals surface area contributed by atoms with Crippen LogP contribution >= 0.6 is 0 Å². The monoisotopic (exact) mass is 485 g/mol. The van der Waals surface area contributed by atoms with Crippen LogP contribution in [-0.2, 0) is 10.2 Å². The maximum absolute atomic E-state index is 10.7. The highest BCUT2D eigenvalue weighted by molar-refractivity contribution is 5.32. The lowest BCUT2D eigenvalue weighted by Gasteiger charge is -2.34. The molecule has 3 heteroatoms. The molecule has 192 valence electrons. The zero-order valence-electron chi connectivity index (χ0n) is 22.5. The number of likely N-dealkylation sites (tertiary alicyclic amines) is 1. The minimum Gasteiger partial charge on any atom is -0.388 e. The van der Waals surface area contributed by atoms with Crippen molar-refractivity contribution in [2.45, 2.75) is 77.1 Å². The van der Waals surface area contributed by atoms with E-state index in [-0.39, 0.29) is 23.7 Å². The van der Waals surface area contributed by atoms with Gasteiger partial charge in [0.2, 0.25) is 0 Å². The van der Waals surface area contributed by atoms with Gasteiger partial charge in [0.15, 0.2) is 0 Å². The Morgan fingerprint density at radius 3 is 2.03 bits per heavy atom. The highest BCUT2D eigenvalue weighted by Gasteiger charge is 2.25. The number of nitrogens with zero attached hydrogens (tertiary/aromatic N) is 1. The highest BCUT2D eigenvalue weighted by Crippen LogP contribution is 2.31. The van der Waals surface area contributed by atoms with E-state index in [0.29, 0.717) is 0 Å². The number of piperidine rings is 1. The summed E-state index contributed by atoms with van der Waals surface area (Å²) < 4.78 is 6.72. The van der Waals surface area contributed by atoms with Gasteiger partial charge in [-0.05, 0) is 66.8 Å². The van der Waals surface area contributed by atoms with E-state index in [1.165, 1.54) is 22.3 Å². The van der Waals surface area contributed by atoms with Crippen molar-refractivity contribution in [2.75, 3.05) is 19.6 Å². The maximum Gasteiger partial charge on any atom is 0.108 e. The van der Waals surface area contributed by atoms with Gasteiger partial charge in [-0.25, -0.2) is 0 Å². The molecule has 0 spiro atoms. The van der Waals surface area contributed by atoms with Gasteiger partial charge in [-0.1, -0.05) is 105 Å². The van der Waals surface area contributed by atoms with Gasteiger partial charge < -0.3 is 14.7 Å². The fraction of sp³-hybridized carbons (Fsp3) is 0.455. The van der Waals surface area contributed by atoms with E-state index < -0.39 is 0 Å². The van der Waals surface area contributed by atoms with Crippen molar-refractivity contribution in [1.82, 2.24) is 4.90 Å².